The number of anilines is 2. The Bertz CT molecular complexity index is 420. The lowest BCUT2D eigenvalue weighted by Gasteiger charge is -2.06. The van der Waals surface area contributed by atoms with Crippen LogP contribution >= 0.6 is 0 Å². The Kier molecular flexibility index (Phi) is 2.68. The lowest BCUT2D eigenvalue weighted by Crippen LogP contribution is -1.94. The molecule has 1 heterocycles. The fraction of sp³-hybridized carbons (Fsp3) is 0.154. The number of aromatic nitrogens is 1. The van der Waals surface area contributed by atoms with Gasteiger partial charge in [0.2, 0.25) is 0 Å². The quantitative estimate of drug-likeness (QED) is 0.799. The monoisotopic (exact) mass is 198 g/mol. The zero-order valence-corrected chi connectivity index (χ0v) is 8.99. The van der Waals surface area contributed by atoms with E-state index in [0.717, 1.165) is 17.2 Å². The van der Waals surface area contributed by atoms with Crippen molar-refractivity contribution in [2.24, 2.45) is 0 Å². The molecule has 15 heavy (non-hydrogen) atoms. The molecule has 2 rings (SSSR count). The summed E-state index contributed by atoms with van der Waals surface area (Å²) in [7, 11) is 0. The fourth-order valence-electron chi connectivity index (χ4n) is 1.48. The van der Waals surface area contributed by atoms with Gasteiger partial charge in [-0.05, 0) is 43.7 Å². The van der Waals surface area contributed by atoms with Gasteiger partial charge in [-0.1, -0.05) is 18.2 Å². The molecule has 0 atom stereocenters. The van der Waals surface area contributed by atoms with Crippen LogP contribution < -0.4 is 5.32 Å². The number of nitrogens with one attached hydrogen (secondary N) is 1. The van der Waals surface area contributed by atoms with Gasteiger partial charge in [-0.25, -0.2) is 4.98 Å². The minimum Gasteiger partial charge on any atom is -0.340 e. The van der Waals surface area contributed by atoms with Gasteiger partial charge in [0.15, 0.2) is 0 Å². The predicted molar refractivity (Wildman–Crippen MR) is 63.4 cm³/mol. The summed E-state index contributed by atoms with van der Waals surface area (Å²) >= 11 is 0. The van der Waals surface area contributed by atoms with Crippen LogP contribution in [0.15, 0.2) is 42.5 Å². The van der Waals surface area contributed by atoms with E-state index >= 15 is 0 Å². The standard InChI is InChI=1S/C13H14N2/c1-10-5-3-7-12(9-10)15-13-8-4-6-11(2)14-13/h3-9H,1-2H3,(H,14,15). The molecule has 0 saturated carbocycles. The van der Waals surface area contributed by atoms with Crippen LogP contribution in [0.4, 0.5) is 11.5 Å². The molecule has 2 aromatic rings. The van der Waals surface area contributed by atoms with E-state index in [1.165, 1.54) is 5.56 Å². The van der Waals surface area contributed by atoms with E-state index in [1.54, 1.807) is 0 Å². The Morgan fingerprint density at radius 3 is 2.53 bits per heavy atom. The van der Waals surface area contributed by atoms with E-state index in [-0.39, 0.29) is 0 Å². The SMILES string of the molecule is Cc1cccc(Nc2cccc(C)n2)c1. The van der Waals surface area contributed by atoms with Crippen LogP contribution in [-0.4, -0.2) is 4.98 Å². The van der Waals surface area contributed by atoms with Gasteiger partial charge in [-0.3, -0.25) is 0 Å². The maximum Gasteiger partial charge on any atom is 0.130 e. The largest absolute Gasteiger partial charge is 0.340 e. The second-order valence-corrected chi connectivity index (χ2v) is 3.66. The first-order valence-electron chi connectivity index (χ1n) is 5.01. The van der Waals surface area contributed by atoms with Crippen molar-refractivity contribution in [2.75, 3.05) is 5.32 Å². The third kappa shape index (κ3) is 2.56. The molecule has 0 radical (unpaired) electrons. The van der Waals surface area contributed by atoms with Crippen molar-refractivity contribution < 1.29 is 0 Å². The molecule has 1 aromatic carbocycles. The van der Waals surface area contributed by atoms with Crippen LogP contribution in [0.5, 0.6) is 0 Å². The van der Waals surface area contributed by atoms with E-state index < -0.39 is 0 Å². The minimum atomic E-state index is 0.889. The van der Waals surface area contributed by atoms with Gasteiger partial charge in [0.25, 0.3) is 0 Å². The third-order valence-electron chi connectivity index (χ3n) is 2.18. The lowest BCUT2D eigenvalue weighted by molar-refractivity contribution is 1.20. The van der Waals surface area contributed by atoms with E-state index in [2.05, 4.69) is 29.4 Å². The molecule has 76 valence electrons. The molecule has 0 aliphatic rings. The van der Waals surface area contributed by atoms with Crippen LogP contribution in [-0.2, 0) is 0 Å². The number of rotatable bonds is 2. The van der Waals surface area contributed by atoms with Gasteiger partial charge in [0.05, 0.1) is 0 Å². The fourth-order valence-corrected chi connectivity index (χ4v) is 1.48. The molecule has 1 N–H and O–H groups in total. The first-order chi connectivity index (χ1) is 7.24. The zero-order chi connectivity index (χ0) is 10.7. The minimum absolute atomic E-state index is 0.889. The number of hydrogen-bond donors (Lipinski definition) is 1. The van der Waals surface area contributed by atoms with Gasteiger partial charge < -0.3 is 5.32 Å². The third-order valence-corrected chi connectivity index (χ3v) is 2.18. The summed E-state index contributed by atoms with van der Waals surface area (Å²) in [5, 5.41) is 3.27. The van der Waals surface area contributed by atoms with Crippen LogP contribution in [0, 0.1) is 13.8 Å². The van der Waals surface area contributed by atoms with Crippen molar-refractivity contribution in [1.29, 1.82) is 0 Å². The van der Waals surface area contributed by atoms with E-state index in [0.29, 0.717) is 0 Å². The number of hydrogen-bond acceptors (Lipinski definition) is 2. The van der Waals surface area contributed by atoms with Gasteiger partial charge in [0, 0.05) is 11.4 Å². The molecule has 0 saturated heterocycles. The van der Waals surface area contributed by atoms with Crippen molar-refractivity contribution in [3.63, 3.8) is 0 Å². The number of aryl methyl sites for hydroxylation is 2. The predicted octanol–water partition coefficient (Wildman–Crippen LogP) is 3.44. The summed E-state index contributed by atoms with van der Waals surface area (Å²) in [6.45, 7) is 4.07. The summed E-state index contributed by atoms with van der Waals surface area (Å²) in [6.07, 6.45) is 0. The summed E-state index contributed by atoms with van der Waals surface area (Å²) in [4.78, 5) is 4.39. The topological polar surface area (TPSA) is 24.9 Å². The highest BCUT2D eigenvalue weighted by molar-refractivity contribution is 5.56. The molecule has 0 aliphatic carbocycles. The number of benzene rings is 1. The van der Waals surface area contributed by atoms with Gasteiger partial charge in [0.1, 0.15) is 5.82 Å². The van der Waals surface area contributed by atoms with Crippen LogP contribution in [0.2, 0.25) is 0 Å². The van der Waals surface area contributed by atoms with Crippen LogP contribution in [0.3, 0.4) is 0 Å². The second-order valence-electron chi connectivity index (χ2n) is 3.66. The van der Waals surface area contributed by atoms with Gasteiger partial charge in [-0.15, -0.1) is 0 Å². The molecular formula is C13H14N2. The normalized spacial score (nSPS) is 10.0. The summed E-state index contributed by atoms with van der Waals surface area (Å²) in [5.74, 6) is 0.889. The molecule has 0 spiro atoms. The molecule has 0 aliphatic heterocycles. The van der Waals surface area contributed by atoms with Crippen molar-refractivity contribution in [3.8, 4) is 0 Å². The smallest absolute Gasteiger partial charge is 0.130 e. The van der Waals surface area contributed by atoms with Crippen molar-refractivity contribution in [3.05, 3.63) is 53.7 Å². The number of nitrogens with zero attached hydrogens (tertiary/aromatic N) is 1. The zero-order valence-electron chi connectivity index (χ0n) is 8.99. The highest BCUT2D eigenvalue weighted by Crippen LogP contribution is 2.15. The summed E-state index contributed by atoms with van der Waals surface area (Å²) in [5.41, 5.74) is 3.34. The van der Waals surface area contributed by atoms with E-state index in [1.807, 2.05) is 37.3 Å². The summed E-state index contributed by atoms with van der Waals surface area (Å²) in [6, 6.07) is 14.2. The Balaban J connectivity index is 2.22. The Labute approximate surface area is 90.0 Å². The van der Waals surface area contributed by atoms with Crippen LogP contribution in [0.1, 0.15) is 11.3 Å². The second kappa shape index (κ2) is 4.13. The van der Waals surface area contributed by atoms with Crippen molar-refractivity contribution in [1.82, 2.24) is 4.98 Å². The Hall–Kier alpha value is -1.83. The van der Waals surface area contributed by atoms with Gasteiger partial charge in [-0.2, -0.15) is 0 Å². The van der Waals surface area contributed by atoms with Crippen LogP contribution in [0.25, 0.3) is 0 Å². The summed E-state index contributed by atoms with van der Waals surface area (Å²) < 4.78 is 0. The molecule has 1 aromatic heterocycles. The lowest BCUT2D eigenvalue weighted by atomic mass is 10.2. The first-order valence-corrected chi connectivity index (χ1v) is 5.01. The first kappa shape index (κ1) is 9.71. The van der Waals surface area contributed by atoms with Crippen molar-refractivity contribution >= 4 is 11.5 Å². The maximum atomic E-state index is 4.39. The van der Waals surface area contributed by atoms with Gasteiger partial charge >= 0.3 is 0 Å². The van der Waals surface area contributed by atoms with E-state index in [4.69, 9.17) is 0 Å². The average Bonchev–Trinajstić information content (AvgIpc) is 2.17. The van der Waals surface area contributed by atoms with Crippen molar-refractivity contribution in [2.45, 2.75) is 13.8 Å². The Morgan fingerprint density at radius 1 is 1.00 bits per heavy atom. The molecule has 0 amide bonds. The highest BCUT2D eigenvalue weighted by Gasteiger charge is 1.95. The Morgan fingerprint density at radius 2 is 1.80 bits per heavy atom. The average molecular weight is 198 g/mol. The molecule has 2 nitrogen and oxygen atoms in total. The maximum absolute atomic E-state index is 4.39. The van der Waals surface area contributed by atoms with E-state index in [9.17, 15) is 0 Å². The molecule has 0 unspecified atom stereocenters. The molecule has 0 bridgehead atoms. The molecule has 2 heteroatoms. The number of pyridine rings is 1. The highest BCUT2D eigenvalue weighted by atomic mass is 15.0. The molecular weight excluding hydrogens is 184 g/mol. The molecule has 0 fully saturated rings.